The number of hydrogen-bond acceptors (Lipinski definition) is 3. The predicted molar refractivity (Wildman–Crippen MR) is 103 cm³/mol. The summed E-state index contributed by atoms with van der Waals surface area (Å²) in [6.45, 7) is 4.98. The number of aryl methyl sites for hydroxylation is 1. The van der Waals surface area contributed by atoms with Gasteiger partial charge in [0.1, 0.15) is 5.75 Å². The van der Waals surface area contributed by atoms with Crippen molar-refractivity contribution in [3.05, 3.63) is 53.6 Å². The second-order valence-corrected chi connectivity index (χ2v) is 6.23. The molecule has 26 heavy (non-hydrogen) atoms. The highest BCUT2D eigenvalue weighted by Gasteiger charge is 2.22. The number of carbonyl (C=O) groups excluding carboxylic acids is 2. The Hall–Kier alpha value is -2.82. The minimum absolute atomic E-state index is 0.108. The van der Waals surface area contributed by atoms with Crippen molar-refractivity contribution >= 4 is 23.2 Å². The van der Waals surface area contributed by atoms with Crippen LogP contribution in [0.15, 0.2) is 42.5 Å². The molecule has 2 aromatic carbocycles. The monoisotopic (exact) mass is 352 g/mol. The molecule has 0 aromatic heterocycles. The summed E-state index contributed by atoms with van der Waals surface area (Å²) in [4.78, 5) is 26.7. The second kappa shape index (κ2) is 8.04. The summed E-state index contributed by atoms with van der Waals surface area (Å²) in [5, 5.41) is 2.93. The van der Waals surface area contributed by atoms with E-state index >= 15 is 0 Å². The number of rotatable bonds is 5. The molecule has 2 aromatic rings. The van der Waals surface area contributed by atoms with E-state index in [-0.39, 0.29) is 11.8 Å². The number of amides is 2. The lowest BCUT2D eigenvalue weighted by atomic mass is 10.0. The number of anilines is 2. The Balaban J connectivity index is 1.85. The molecular weight excluding hydrogens is 328 g/mol. The zero-order valence-electron chi connectivity index (χ0n) is 15.2. The molecule has 3 rings (SSSR count). The van der Waals surface area contributed by atoms with Gasteiger partial charge in [-0.2, -0.15) is 0 Å². The van der Waals surface area contributed by atoms with Gasteiger partial charge in [-0.15, -0.1) is 0 Å². The number of hydrogen-bond donors (Lipinski definition) is 1. The summed E-state index contributed by atoms with van der Waals surface area (Å²) >= 11 is 0. The Labute approximate surface area is 154 Å². The normalized spacial score (nSPS) is 13.1. The fourth-order valence-electron chi connectivity index (χ4n) is 3.24. The lowest BCUT2D eigenvalue weighted by molar-refractivity contribution is -0.118. The van der Waals surface area contributed by atoms with E-state index in [0.29, 0.717) is 30.0 Å². The fraction of sp³-hybridized carbons (Fsp3) is 0.333. The van der Waals surface area contributed by atoms with E-state index in [1.54, 1.807) is 12.1 Å². The van der Waals surface area contributed by atoms with Gasteiger partial charge in [0.15, 0.2) is 0 Å². The summed E-state index contributed by atoms with van der Waals surface area (Å²) in [7, 11) is 0. The highest BCUT2D eigenvalue weighted by molar-refractivity contribution is 6.06. The second-order valence-electron chi connectivity index (χ2n) is 6.23. The number of benzene rings is 2. The van der Waals surface area contributed by atoms with E-state index in [1.165, 1.54) is 0 Å². The smallest absolute Gasteiger partial charge is 0.259 e. The highest BCUT2D eigenvalue weighted by atomic mass is 16.5. The van der Waals surface area contributed by atoms with Crippen LogP contribution in [0.1, 0.15) is 42.6 Å². The van der Waals surface area contributed by atoms with Crippen molar-refractivity contribution < 1.29 is 14.3 Å². The van der Waals surface area contributed by atoms with Crippen LogP contribution in [0.3, 0.4) is 0 Å². The number of ether oxygens (including phenoxy) is 1. The minimum Gasteiger partial charge on any atom is -0.493 e. The van der Waals surface area contributed by atoms with Crippen molar-refractivity contribution in [2.45, 2.75) is 33.1 Å². The zero-order chi connectivity index (χ0) is 18.5. The third-order valence-electron chi connectivity index (χ3n) is 4.50. The van der Waals surface area contributed by atoms with Crippen LogP contribution < -0.4 is 15.0 Å². The van der Waals surface area contributed by atoms with Gasteiger partial charge in [0.2, 0.25) is 5.91 Å². The molecule has 1 heterocycles. The third-order valence-corrected chi connectivity index (χ3v) is 4.50. The quantitative estimate of drug-likeness (QED) is 0.884. The molecule has 0 bridgehead atoms. The average molecular weight is 352 g/mol. The Kier molecular flexibility index (Phi) is 5.56. The van der Waals surface area contributed by atoms with Crippen molar-refractivity contribution in [1.82, 2.24) is 0 Å². The van der Waals surface area contributed by atoms with Gasteiger partial charge in [0.05, 0.1) is 12.2 Å². The van der Waals surface area contributed by atoms with E-state index in [2.05, 4.69) is 5.32 Å². The molecule has 0 radical (unpaired) electrons. The van der Waals surface area contributed by atoms with Crippen LogP contribution in [0.2, 0.25) is 0 Å². The van der Waals surface area contributed by atoms with Crippen molar-refractivity contribution in [1.29, 1.82) is 0 Å². The first-order valence-corrected chi connectivity index (χ1v) is 9.10. The molecule has 2 amide bonds. The van der Waals surface area contributed by atoms with Crippen molar-refractivity contribution in [3.63, 3.8) is 0 Å². The molecule has 1 aliphatic rings. The maximum Gasteiger partial charge on any atom is 0.259 e. The Morgan fingerprint density at radius 3 is 2.73 bits per heavy atom. The molecule has 1 aliphatic heterocycles. The number of fused-ring (bicyclic) bond motifs is 1. The lowest BCUT2D eigenvalue weighted by Gasteiger charge is -2.29. The molecule has 5 heteroatoms. The van der Waals surface area contributed by atoms with Gasteiger partial charge in [-0.1, -0.05) is 25.1 Å². The van der Waals surface area contributed by atoms with Crippen LogP contribution in [0.5, 0.6) is 5.75 Å². The number of nitrogens with zero attached hydrogens (tertiary/aromatic N) is 1. The standard InChI is InChI=1S/C21H24N2O3/c1-3-20(24)23-13-7-8-15-11-12-16(14-18(15)23)22-21(25)17-9-5-6-10-19(17)26-4-2/h5-6,9-12,14H,3-4,7-8,13H2,1-2H3,(H,22,25). The molecule has 0 unspecified atom stereocenters. The predicted octanol–water partition coefficient (Wildman–Crippen LogP) is 4.03. The van der Waals surface area contributed by atoms with Crippen LogP contribution in [-0.4, -0.2) is 25.0 Å². The maximum absolute atomic E-state index is 12.7. The van der Waals surface area contributed by atoms with Gasteiger partial charge in [-0.25, -0.2) is 0 Å². The zero-order valence-corrected chi connectivity index (χ0v) is 15.2. The molecule has 0 spiro atoms. The molecular formula is C21H24N2O3. The number of nitrogens with one attached hydrogen (secondary N) is 1. The van der Waals surface area contributed by atoms with Gasteiger partial charge < -0.3 is 15.0 Å². The highest BCUT2D eigenvalue weighted by Crippen LogP contribution is 2.31. The Morgan fingerprint density at radius 1 is 1.15 bits per heavy atom. The summed E-state index contributed by atoms with van der Waals surface area (Å²) in [5.41, 5.74) is 3.22. The van der Waals surface area contributed by atoms with Crippen LogP contribution >= 0.6 is 0 Å². The molecule has 0 saturated carbocycles. The van der Waals surface area contributed by atoms with E-state index in [9.17, 15) is 9.59 Å². The first-order chi connectivity index (χ1) is 12.6. The SMILES string of the molecule is CCOc1ccccc1C(=O)Nc1ccc2c(c1)N(C(=O)CC)CCC2. The molecule has 0 aliphatic carbocycles. The van der Waals surface area contributed by atoms with E-state index in [0.717, 1.165) is 30.6 Å². The van der Waals surface area contributed by atoms with Crippen LogP contribution in [-0.2, 0) is 11.2 Å². The molecule has 136 valence electrons. The average Bonchev–Trinajstić information content (AvgIpc) is 2.67. The van der Waals surface area contributed by atoms with E-state index in [1.807, 2.05) is 49.1 Å². The molecule has 0 fully saturated rings. The van der Waals surface area contributed by atoms with Gasteiger partial charge in [-0.05, 0) is 49.6 Å². The van der Waals surface area contributed by atoms with Gasteiger partial charge >= 0.3 is 0 Å². The lowest BCUT2D eigenvalue weighted by Crippen LogP contribution is -2.35. The molecule has 0 saturated heterocycles. The summed E-state index contributed by atoms with van der Waals surface area (Å²) in [6, 6.07) is 13.0. The van der Waals surface area contributed by atoms with Crippen LogP contribution in [0.4, 0.5) is 11.4 Å². The summed E-state index contributed by atoms with van der Waals surface area (Å²) < 4.78 is 5.54. The largest absolute Gasteiger partial charge is 0.493 e. The Bertz CT molecular complexity index is 817. The van der Waals surface area contributed by atoms with Gasteiger partial charge in [-0.3, -0.25) is 9.59 Å². The number of para-hydroxylation sites is 1. The number of carbonyl (C=O) groups is 2. The Morgan fingerprint density at radius 2 is 1.96 bits per heavy atom. The molecule has 0 atom stereocenters. The van der Waals surface area contributed by atoms with Crippen LogP contribution in [0, 0.1) is 0 Å². The van der Waals surface area contributed by atoms with E-state index < -0.39 is 0 Å². The molecule has 1 N–H and O–H groups in total. The van der Waals surface area contributed by atoms with Crippen molar-refractivity contribution in [3.8, 4) is 5.75 Å². The van der Waals surface area contributed by atoms with Crippen molar-refractivity contribution in [2.24, 2.45) is 0 Å². The third kappa shape index (κ3) is 3.72. The van der Waals surface area contributed by atoms with Crippen molar-refractivity contribution in [2.75, 3.05) is 23.4 Å². The maximum atomic E-state index is 12.7. The van der Waals surface area contributed by atoms with Gasteiger partial charge in [0, 0.05) is 24.3 Å². The minimum atomic E-state index is -0.224. The summed E-state index contributed by atoms with van der Waals surface area (Å²) in [6.07, 6.45) is 2.38. The van der Waals surface area contributed by atoms with Crippen LogP contribution in [0.25, 0.3) is 0 Å². The first kappa shape index (κ1) is 18.0. The van der Waals surface area contributed by atoms with Gasteiger partial charge in [0.25, 0.3) is 5.91 Å². The molecule has 5 nitrogen and oxygen atoms in total. The summed E-state index contributed by atoms with van der Waals surface area (Å²) in [5.74, 6) is 0.447. The topological polar surface area (TPSA) is 58.6 Å². The fourth-order valence-corrected chi connectivity index (χ4v) is 3.24. The first-order valence-electron chi connectivity index (χ1n) is 9.10. The van der Waals surface area contributed by atoms with E-state index in [4.69, 9.17) is 4.74 Å².